The quantitative estimate of drug-likeness (QED) is 0.874. The molecule has 2 aromatic carbocycles. The minimum atomic E-state index is -3.74. The average Bonchev–Trinajstić information content (AvgIpc) is 2.57. The number of benzene rings is 2. The van der Waals surface area contributed by atoms with Crippen LogP contribution in [0, 0.1) is 0 Å². The van der Waals surface area contributed by atoms with Crippen molar-refractivity contribution in [3.05, 3.63) is 53.6 Å². The maximum absolute atomic E-state index is 12.8. The Bertz CT molecular complexity index is 801. The Kier molecular flexibility index (Phi) is 3.15. The van der Waals surface area contributed by atoms with E-state index in [-0.39, 0.29) is 4.90 Å². The minimum absolute atomic E-state index is 0.109. The lowest BCUT2D eigenvalue weighted by atomic mass is 9.99. The molecule has 1 atom stereocenters. The highest BCUT2D eigenvalue weighted by molar-refractivity contribution is 7.92. The van der Waals surface area contributed by atoms with Gasteiger partial charge in [-0.3, -0.25) is 4.31 Å². The lowest BCUT2D eigenvalue weighted by Gasteiger charge is -2.22. The van der Waals surface area contributed by atoms with Crippen LogP contribution in [0.3, 0.4) is 0 Å². The van der Waals surface area contributed by atoms with E-state index in [1.165, 1.54) is 20.2 Å². The summed E-state index contributed by atoms with van der Waals surface area (Å²) in [7, 11) is -0.806. The maximum Gasteiger partial charge on any atom is 0.264 e. The van der Waals surface area contributed by atoms with Crippen molar-refractivity contribution in [1.29, 1.82) is 0 Å². The van der Waals surface area contributed by atoms with E-state index < -0.39 is 16.1 Å². The first-order valence-electron chi connectivity index (χ1n) is 6.41. The number of para-hydroxylation sites is 1. The van der Waals surface area contributed by atoms with E-state index >= 15 is 0 Å². The summed E-state index contributed by atoms with van der Waals surface area (Å²) >= 11 is 0. The van der Waals surface area contributed by atoms with E-state index in [0.717, 1.165) is 4.31 Å². The number of aliphatic hydroxyl groups is 1. The number of nitrogens with zero attached hydrogens (tertiary/aromatic N) is 1. The van der Waals surface area contributed by atoms with Gasteiger partial charge in [0.2, 0.25) is 0 Å². The van der Waals surface area contributed by atoms with E-state index in [1.807, 2.05) is 0 Å². The molecule has 0 radical (unpaired) electrons. The number of hydrogen-bond donors (Lipinski definition) is 1. The van der Waals surface area contributed by atoms with E-state index in [0.29, 0.717) is 22.6 Å². The molecule has 6 heteroatoms. The van der Waals surface area contributed by atoms with Gasteiger partial charge in [-0.2, -0.15) is 0 Å². The van der Waals surface area contributed by atoms with Gasteiger partial charge in [-0.1, -0.05) is 30.3 Å². The van der Waals surface area contributed by atoms with Crippen LogP contribution in [0.4, 0.5) is 5.69 Å². The van der Waals surface area contributed by atoms with Crippen LogP contribution >= 0.6 is 0 Å². The molecule has 3 rings (SSSR count). The molecule has 0 bridgehead atoms. The van der Waals surface area contributed by atoms with Crippen molar-refractivity contribution in [2.45, 2.75) is 11.0 Å². The highest BCUT2D eigenvalue weighted by atomic mass is 32.2. The van der Waals surface area contributed by atoms with Crippen LogP contribution in [0.1, 0.15) is 17.2 Å². The summed E-state index contributed by atoms with van der Waals surface area (Å²) in [6.45, 7) is 0. The van der Waals surface area contributed by atoms with Gasteiger partial charge in [-0.05, 0) is 12.1 Å². The van der Waals surface area contributed by atoms with Gasteiger partial charge < -0.3 is 9.84 Å². The molecule has 2 aromatic rings. The van der Waals surface area contributed by atoms with Crippen molar-refractivity contribution in [2.75, 3.05) is 18.5 Å². The summed E-state index contributed by atoms with van der Waals surface area (Å²) in [5.41, 5.74) is 1.24. The molecular formula is C15H15NO4S. The van der Waals surface area contributed by atoms with Gasteiger partial charge >= 0.3 is 0 Å². The van der Waals surface area contributed by atoms with Crippen molar-refractivity contribution in [2.24, 2.45) is 0 Å². The van der Waals surface area contributed by atoms with E-state index in [9.17, 15) is 13.5 Å². The minimum Gasteiger partial charge on any atom is -0.495 e. The first kappa shape index (κ1) is 13.9. The molecule has 1 N–H and O–H groups in total. The Morgan fingerprint density at radius 3 is 2.48 bits per heavy atom. The van der Waals surface area contributed by atoms with E-state index in [2.05, 4.69) is 0 Å². The van der Waals surface area contributed by atoms with Crippen LogP contribution in [0.25, 0.3) is 0 Å². The lowest BCUT2D eigenvalue weighted by molar-refractivity contribution is 0.218. The predicted octanol–water partition coefficient (Wildman–Crippen LogP) is 1.92. The summed E-state index contributed by atoms with van der Waals surface area (Å²) in [5, 5.41) is 10.6. The van der Waals surface area contributed by atoms with Crippen molar-refractivity contribution in [3.8, 4) is 5.75 Å². The fourth-order valence-corrected chi connectivity index (χ4v) is 4.10. The number of sulfonamides is 1. The smallest absolute Gasteiger partial charge is 0.264 e. The molecule has 5 nitrogen and oxygen atoms in total. The highest BCUT2D eigenvalue weighted by Gasteiger charge is 2.35. The Morgan fingerprint density at radius 2 is 1.76 bits per heavy atom. The molecule has 0 amide bonds. The second-order valence-corrected chi connectivity index (χ2v) is 6.75. The van der Waals surface area contributed by atoms with Crippen LogP contribution in [0.15, 0.2) is 47.4 Å². The third-order valence-corrected chi connectivity index (χ3v) is 5.54. The molecule has 21 heavy (non-hydrogen) atoms. The number of aliphatic hydroxyl groups excluding tert-OH is 1. The largest absolute Gasteiger partial charge is 0.495 e. The van der Waals surface area contributed by atoms with Gasteiger partial charge in [-0.15, -0.1) is 0 Å². The number of hydrogen-bond acceptors (Lipinski definition) is 4. The fourth-order valence-electron chi connectivity index (χ4n) is 2.64. The van der Waals surface area contributed by atoms with Crippen molar-refractivity contribution in [3.63, 3.8) is 0 Å². The normalized spacial score (nSPS) is 19.4. The molecule has 1 heterocycles. The fraction of sp³-hybridized carbons (Fsp3) is 0.200. The Labute approximate surface area is 123 Å². The van der Waals surface area contributed by atoms with Crippen LogP contribution < -0.4 is 9.04 Å². The van der Waals surface area contributed by atoms with Crippen LogP contribution in [0.2, 0.25) is 0 Å². The molecule has 0 aliphatic carbocycles. The molecule has 0 saturated heterocycles. The zero-order valence-corrected chi connectivity index (χ0v) is 12.5. The molecule has 1 unspecified atom stereocenters. The van der Waals surface area contributed by atoms with Crippen molar-refractivity contribution >= 4 is 15.7 Å². The molecular weight excluding hydrogens is 290 g/mol. The molecule has 0 spiro atoms. The van der Waals surface area contributed by atoms with Crippen LogP contribution in [-0.4, -0.2) is 27.7 Å². The third kappa shape index (κ3) is 1.91. The zero-order valence-electron chi connectivity index (χ0n) is 11.6. The Hall–Kier alpha value is -2.05. The number of ether oxygens (including phenoxy) is 1. The van der Waals surface area contributed by atoms with Crippen molar-refractivity contribution in [1.82, 2.24) is 0 Å². The Balaban J connectivity index is 2.42. The second-order valence-electron chi connectivity index (χ2n) is 4.81. The predicted molar refractivity (Wildman–Crippen MR) is 79.1 cm³/mol. The molecule has 1 aliphatic heterocycles. The summed E-state index contributed by atoms with van der Waals surface area (Å²) in [4.78, 5) is 0.109. The number of rotatable bonds is 1. The van der Waals surface area contributed by atoms with Gasteiger partial charge in [0, 0.05) is 18.2 Å². The first-order chi connectivity index (χ1) is 9.98. The zero-order chi connectivity index (χ0) is 15.2. The number of anilines is 1. The lowest BCUT2D eigenvalue weighted by Crippen LogP contribution is -2.26. The van der Waals surface area contributed by atoms with Gasteiger partial charge in [-0.25, -0.2) is 8.42 Å². The van der Waals surface area contributed by atoms with Gasteiger partial charge in [0.05, 0.1) is 17.7 Å². The standard InChI is InChI=1S/C15H15NO4S/c1-16-14-11(7-5-8-12(14)20-2)15(17)10-6-3-4-9-13(10)21(16,18)19/h3-9,15,17H,1-2H3. The van der Waals surface area contributed by atoms with Gasteiger partial charge in [0.1, 0.15) is 11.9 Å². The first-order valence-corrected chi connectivity index (χ1v) is 7.85. The second kappa shape index (κ2) is 4.75. The SMILES string of the molecule is COc1cccc2c1N(C)S(=O)(=O)c1ccccc1C2O. The van der Waals surface area contributed by atoms with E-state index in [4.69, 9.17) is 4.74 Å². The summed E-state index contributed by atoms with van der Waals surface area (Å²) in [6.07, 6.45) is -1.02. The monoisotopic (exact) mass is 305 g/mol. The molecule has 0 fully saturated rings. The molecule has 0 saturated carbocycles. The van der Waals surface area contributed by atoms with E-state index in [1.54, 1.807) is 36.4 Å². The Morgan fingerprint density at radius 1 is 1.10 bits per heavy atom. The maximum atomic E-state index is 12.8. The van der Waals surface area contributed by atoms with Gasteiger partial charge in [0.25, 0.3) is 10.0 Å². The summed E-state index contributed by atoms with van der Waals surface area (Å²) in [6, 6.07) is 11.6. The summed E-state index contributed by atoms with van der Waals surface area (Å²) < 4.78 is 31.9. The third-order valence-electron chi connectivity index (χ3n) is 3.71. The van der Waals surface area contributed by atoms with Gasteiger partial charge in [0.15, 0.2) is 0 Å². The van der Waals surface area contributed by atoms with Crippen LogP contribution in [-0.2, 0) is 10.0 Å². The molecule has 1 aliphatic rings. The van der Waals surface area contributed by atoms with Crippen molar-refractivity contribution < 1.29 is 18.3 Å². The number of fused-ring (bicyclic) bond motifs is 2. The average molecular weight is 305 g/mol. The topological polar surface area (TPSA) is 66.8 Å². The molecule has 110 valence electrons. The van der Waals surface area contributed by atoms with Crippen LogP contribution in [0.5, 0.6) is 5.75 Å². The molecule has 0 aromatic heterocycles. The highest BCUT2D eigenvalue weighted by Crippen LogP contribution is 2.44. The number of methoxy groups -OCH3 is 1. The summed E-state index contributed by atoms with van der Waals surface area (Å²) in [5.74, 6) is 0.408.